The summed E-state index contributed by atoms with van der Waals surface area (Å²) < 4.78 is 5.75. The molecule has 1 amide bonds. The molecule has 0 radical (unpaired) electrons. The molecule has 4 rings (SSSR count). The Balaban J connectivity index is 1.70. The van der Waals surface area contributed by atoms with Crippen LogP contribution in [-0.2, 0) is 0 Å². The summed E-state index contributed by atoms with van der Waals surface area (Å²) >= 11 is 6.02. The van der Waals surface area contributed by atoms with Gasteiger partial charge >= 0.3 is 0 Å². The Morgan fingerprint density at radius 3 is 2.89 bits per heavy atom. The summed E-state index contributed by atoms with van der Waals surface area (Å²) in [6, 6.07) is 9.08. The number of fused-ring (bicyclic) bond motifs is 2. The number of halogens is 1. The lowest BCUT2D eigenvalue weighted by Crippen LogP contribution is -2.24. The van der Waals surface area contributed by atoms with E-state index in [1.54, 1.807) is 12.1 Å². The van der Waals surface area contributed by atoms with Crippen molar-refractivity contribution < 1.29 is 9.21 Å². The van der Waals surface area contributed by atoms with E-state index in [-0.39, 0.29) is 5.91 Å². The van der Waals surface area contributed by atoms with Gasteiger partial charge in [-0.15, -0.1) is 0 Å². The van der Waals surface area contributed by atoms with E-state index in [1.807, 2.05) is 32.0 Å². The van der Waals surface area contributed by atoms with Gasteiger partial charge in [0.1, 0.15) is 22.6 Å². The van der Waals surface area contributed by atoms with Gasteiger partial charge in [0.15, 0.2) is 11.6 Å². The molecule has 8 heteroatoms. The Morgan fingerprint density at radius 2 is 2.07 bits per heavy atom. The van der Waals surface area contributed by atoms with E-state index in [0.717, 1.165) is 23.1 Å². The van der Waals surface area contributed by atoms with Crippen LogP contribution >= 0.6 is 11.6 Å². The number of rotatable bonds is 5. The van der Waals surface area contributed by atoms with Crippen molar-refractivity contribution in [3.63, 3.8) is 0 Å². The minimum Gasteiger partial charge on any atom is -0.451 e. The normalized spacial score (nSPS) is 11.1. The molecule has 4 aromatic rings. The van der Waals surface area contributed by atoms with Crippen LogP contribution in [0.5, 0.6) is 0 Å². The van der Waals surface area contributed by atoms with Gasteiger partial charge in [-0.25, -0.2) is 15.0 Å². The van der Waals surface area contributed by atoms with E-state index < -0.39 is 0 Å². The Hall–Kier alpha value is -3.19. The van der Waals surface area contributed by atoms with Crippen LogP contribution in [0.15, 0.2) is 41.1 Å². The summed E-state index contributed by atoms with van der Waals surface area (Å²) in [4.78, 5) is 25.1. The molecule has 0 aliphatic heterocycles. The Bertz CT molecular complexity index is 1190. The summed E-state index contributed by atoms with van der Waals surface area (Å²) in [5, 5.41) is 7.32. The van der Waals surface area contributed by atoms with Crippen molar-refractivity contribution in [1.82, 2.24) is 20.3 Å². The zero-order valence-corrected chi connectivity index (χ0v) is 16.2. The number of nitrogens with one attached hydrogen (secondary N) is 2. The number of pyridine rings is 1. The summed E-state index contributed by atoms with van der Waals surface area (Å²) in [6.45, 7) is 4.49. The number of aromatic nitrogens is 3. The average Bonchev–Trinajstić information content (AvgIpc) is 3.03. The number of anilines is 2. The van der Waals surface area contributed by atoms with E-state index in [9.17, 15) is 4.79 Å². The van der Waals surface area contributed by atoms with Gasteiger partial charge in [-0.05, 0) is 43.7 Å². The maximum absolute atomic E-state index is 12.3. The van der Waals surface area contributed by atoms with Crippen molar-refractivity contribution in [2.24, 2.45) is 0 Å². The number of aryl methyl sites for hydroxylation is 1. The quantitative estimate of drug-likeness (QED) is 0.479. The second kappa shape index (κ2) is 7.44. The van der Waals surface area contributed by atoms with Crippen LogP contribution < -0.4 is 10.6 Å². The smallest absolute Gasteiger partial charge is 0.287 e. The fourth-order valence-corrected chi connectivity index (χ4v) is 3.13. The van der Waals surface area contributed by atoms with Crippen molar-refractivity contribution >= 4 is 51.0 Å². The summed E-state index contributed by atoms with van der Waals surface area (Å²) in [5.74, 6) is 0.682. The van der Waals surface area contributed by atoms with Gasteiger partial charge in [0, 0.05) is 23.2 Å². The summed E-state index contributed by atoms with van der Waals surface area (Å²) in [5.41, 5.74) is 3.51. The van der Waals surface area contributed by atoms with Gasteiger partial charge in [-0.3, -0.25) is 4.79 Å². The average molecular weight is 396 g/mol. The third-order valence-corrected chi connectivity index (χ3v) is 4.60. The van der Waals surface area contributed by atoms with Crippen LogP contribution in [0.3, 0.4) is 0 Å². The van der Waals surface area contributed by atoms with E-state index in [1.165, 1.54) is 6.33 Å². The SMILES string of the molecule is CCCNC(=O)c1oc2ccc(Nc3ncnc4ccc(Cl)nc34)cc2c1C. The number of nitrogens with zero attached hydrogens (tertiary/aromatic N) is 3. The monoisotopic (exact) mass is 395 g/mol. The molecule has 142 valence electrons. The van der Waals surface area contributed by atoms with E-state index >= 15 is 0 Å². The van der Waals surface area contributed by atoms with Crippen molar-refractivity contribution in [1.29, 1.82) is 0 Å². The van der Waals surface area contributed by atoms with Crippen LogP contribution in [0.25, 0.3) is 22.0 Å². The molecule has 7 nitrogen and oxygen atoms in total. The molecule has 0 saturated heterocycles. The lowest BCUT2D eigenvalue weighted by atomic mass is 10.1. The van der Waals surface area contributed by atoms with Gasteiger partial charge in [-0.1, -0.05) is 18.5 Å². The first-order valence-corrected chi connectivity index (χ1v) is 9.30. The molecule has 0 unspecified atom stereocenters. The Morgan fingerprint density at radius 1 is 1.21 bits per heavy atom. The van der Waals surface area contributed by atoms with Gasteiger partial charge in [-0.2, -0.15) is 0 Å². The number of furan rings is 1. The Kier molecular flexibility index (Phi) is 4.83. The lowest BCUT2D eigenvalue weighted by Gasteiger charge is -2.08. The molecule has 28 heavy (non-hydrogen) atoms. The van der Waals surface area contributed by atoms with Crippen molar-refractivity contribution in [2.45, 2.75) is 20.3 Å². The van der Waals surface area contributed by atoms with Crippen LogP contribution in [0.4, 0.5) is 11.5 Å². The summed E-state index contributed by atoms with van der Waals surface area (Å²) in [6.07, 6.45) is 2.34. The van der Waals surface area contributed by atoms with Crippen LogP contribution in [0.1, 0.15) is 29.5 Å². The number of hydrogen-bond acceptors (Lipinski definition) is 6. The van der Waals surface area contributed by atoms with Gasteiger partial charge in [0.2, 0.25) is 0 Å². The lowest BCUT2D eigenvalue weighted by molar-refractivity contribution is 0.0927. The molecular formula is C20H18ClN5O2. The fraction of sp³-hybridized carbons (Fsp3) is 0.200. The minimum absolute atomic E-state index is 0.203. The molecule has 2 N–H and O–H groups in total. The molecule has 0 fully saturated rings. The third-order valence-electron chi connectivity index (χ3n) is 4.39. The van der Waals surface area contributed by atoms with Crippen molar-refractivity contribution in [3.8, 4) is 0 Å². The highest BCUT2D eigenvalue weighted by atomic mass is 35.5. The maximum Gasteiger partial charge on any atom is 0.287 e. The van der Waals surface area contributed by atoms with E-state index in [2.05, 4.69) is 25.6 Å². The zero-order valence-electron chi connectivity index (χ0n) is 15.4. The topological polar surface area (TPSA) is 92.9 Å². The van der Waals surface area contributed by atoms with E-state index in [0.29, 0.717) is 39.9 Å². The first-order chi connectivity index (χ1) is 13.6. The first-order valence-electron chi connectivity index (χ1n) is 8.92. The molecular weight excluding hydrogens is 378 g/mol. The molecule has 0 aliphatic rings. The highest BCUT2D eigenvalue weighted by molar-refractivity contribution is 6.29. The van der Waals surface area contributed by atoms with Crippen LogP contribution in [-0.4, -0.2) is 27.4 Å². The van der Waals surface area contributed by atoms with Gasteiger partial charge < -0.3 is 15.1 Å². The fourth-order valence-electron chi connectivity index (χ4n) is 2.98. The highest BCUT2D eigenvalue weighted by Gasteiger charge is 2.17. The molecule has 0 atom stereocenters. The second-order valence-electron chi connectivity index (χ2n) is 6.37. The zero-order chi connectivity index (χ0) is 19.7. The number of amides is 1. The van der Waals surface area contributed by atoms with Crippen molar-refractivity contribution in [3.05, 3.63) is 53.1 Å². The molecule has 0 bridgehead atoms. The molecule has 1 aromatic carbocycles. The standard InChI is InChI=1S/C20H18ClN5O2/c1-3-8-22-20(27)18-11(2)13-9-12(4-6-15(13)28-18)25-19-17-14(23-10-24-19)5-7-16(21)26-17/h4-7,9-10H,3,8H2,1-2H3,(H,22,27)(H,23,24,25). The molecule has 3 heterocycles. The molecule has 3 aromatic heterocycles. The number of benzene rings is 1. The molecule has 0 aliphatic carbocycles. The van der Waals surface area contributed by atoms with E-state index in [4.69, 9.17) is 16.0 Å². The second-order valence-corrected chi connectivity index (χ2v) is 6.76. The Labute approximate surface area is 166 Å². The van der Waals surface area contributed by atoms with Gasteiger partial charge in [0.25, 0.3) is 5.91 Å². The highest BCUT2D eigenvalue weighted by Crippen LogP contribution is 2.30. The molecule has 0 spiro atoms. The van der Waals surface area contributed by atoms with Crippen molar-refractivity contribution in [2.75, 3.05) is 11.9 Å². The number of carbonyl (C=O) groups is 1. The minimum atomic E-state index is -0.203. The number of carbonyl (C=O) groups excluding carboxylic acids is 1. The predicted molar refractivity (Wildman–Crippen MR) is 109 cm³/mol. The number of hydrogen-bond donors (Lipinski definition) is 2. The summed E-state index contributed by atoms with van der Waals surface area (Å²) in [7, 11) is 0. The molecule has 0 saturated carbocycles. The largest absolute Gasteiger partial charge is 0.451 e. The third kappa shape index (κ3) is 3.36. The first kappa shape index (κ1) is 18.2. The predicted octanol–water partition coefficient (Wildman–Crippen LogP) is 4.62. The van der Waals surface area contributed by atoms with Gasteiger partial charge in [0.05, 0.1) is 5.52 Å². The maximum atomic E-state index is 12.3. The van der Waals surface area contributed by atoms with Crippen LogP contribution in [0.2, 0.25) is 5.15 Å². The van der Waals surface area contributed by atoms with Crippen LogP contribution in [0, 0.1) is 6.92 Å².